The lowest BCUT2D eigenvalue weighted by Crippen LogP contribution is -2.22. The molecular formula is C24H21ClFN7O. The minimum Gasteiger partial charge on any atom is -0.366 e. The van der Waals surface area contributed by atoms with Gasteiger partial charge in [0.15, 0.2) is 5.82 Å². The van der Waals surface area contributed by atoms with Gasteiger partial charge in [-0.3, -0.25) is 9.89 Å². The fourth-order valence-electron chi connectivity index (χ4n) is 3.81. The number of anilines is 4. The first-order chi connectivity index (χ1) is 16.4. The van der Waals surface area contributed by atoms with Crippen molar-refractivity contribution in [3.05, 3.63) is 76.8 Å². The minimum absolute atomic E-state index is 0.224. The van der Waals surface area contributed by atoms with Crippen LogP contribution in [0.25, 0.3) is 11.1 Å². The molecule has 5 rings (SSSR count). The Bertz CT molecular complexity index is 1350. The Kier molecular flexibility index (Phi) is 5.62. The number of carbonyl (C=O) groups excluding carboxylic acids is 1. The van der Waals surface area contributed by atoms with Gasteiger partial charge < -0.3 is 16.0 Å². The summed E-state index contributed by atoms with van der Waals surface area (Å²) in [6, 6.07) is 12.0. The first kappa shape index (κ1) is 21.8. The molecule has 2 aromatic heterocycles. The molecule has 0 unspecified atom stereocenters. The fraction of sp³-hybridized carbons (Fsp3) is 0.167. The number of aromatic amines is 1. The van der Waals surface area contributed by atoms with Crippen LogP contribution in [0.4, 0.5) is 27.7 Å². The van der Waals surface area contributed by atoms with Crippen molar-refractivity contribution in [1.29, 1.82) is 0 Å². The van der Waals surface area contributed by atoms with E-state index in [0.717, 1.165) is 29.8 Å². The Hall–Kier alpha value is -3.98. The molecule has 1 fully saturated rings. The van der Waals surface area contributed by atoms with Crippen LogP contribution < -0.4 is 16.0 Å². The third kappa shape index (κ3) is 4.29. The largest absolute Gasteiger partial charge is 0.366 e. The van der Waals surface area contributed by atoms with Crippen molar-refractivity contribution in [2.45, 2.75) is 25.8 Å². The highest BCUT2D eigenvalue weighted by Gasteiger charge is 2.33. The molecule has 1 amide bonds. The van der Waals surface area contributed by atoms with Crippen LogP contribution in [0.1, 0.15) is 28.8 Å². The second kappa shape index (κ2) is 8.75. The molecule has 1 aliphatic carbocycles. The molecule has 2 heterocycles. The number of nitrogens with zero attached hydrogens (tertiary/aromatic N) is 4. The first-order valence-electron chi connectivity index (χ1n) is 10.7. The van der Waals surface area contributed by atoms with Gasteiger partial charge >= 0.3 is 0 Å². The normalized spacial score (nSPS) is 13.0. The Morgan fingerprint density at radius 1 is 1.24 bits per heavy atom. The van der Waals surface area contributed by atoms with Crippen LogP contribution in [0, 0.1) is 12.7 Å². The SMILES string of the molecule is Cc1cc(Nc2ncc(Cl)c(N(c3ccn[nH]3)C3CC3)n2)c(F)cc1-c1ccc(C(N)=O)cc1. The summed E-state index contributed by atoms with van der Waals surface area (Å²) < 4.78 is 15.1. The van der Waals surface area contributed by atoms with Gasteiger partial charge in [-0.1, -0.05) is 23.7 Å². The van der Waals surface area contributed by atoms with Crippen molar-refractivity contribution >= 4 is 40.8 Å². The van der Waals surface area contributed by atoms with Gasteiger partial charge in [-0.15, -0.1) is 0 Å². The van der Waals surface area contributed by atoms with Crippen molar-refractivity contribution in [3.8, 4) is 11.1 Å². The molecular weight excluding hydrogens is 457 g/mol. The zero-order valence-corrected chi connectivity index (χ0v) is 19.0. The molecule has 8 nitrogen and oxygen atoms in total. The van der Waals surface area contributed by atoms with Crippen molar-refractivity contribution in [1.82, 2.24) is 20.2 Å². The van der Waals surface area contributed by atoms with E-state index >= 15 is 4.39 Å². The summed E-state index contributed by atoms with van der Waals surface area (Å²) in [5, 5.41) is 10.3. The second-order valence-corrected chi connectivity index (χ2v) is 8.53. The Labute approximate surface area is 200 Å². The summed E-state index contributed by atoms with van der Waals surface area (Å²) in [4.78, 5) is 22.1. The number of hydrogen-bond donors (Lipinski definition) is 3. The van der Waals surface area contributed by atoms with Gasteiger partial charge in [0, 0.05) is 17.7 Å². The van der Waals surface area contributed by atoms with Crippen LogP contribution >= 0.6 is 11.6 Å². The average molecular weight is 478 g/mol. The maximum Gasteiger partial charge on any atom is 0.248 e. The lowest BCUT2D eigenvalue weighted by molar-refractivity contribution is 0.100. The maximum atomic E-state index is 15.1. The average Bonchev–Trinajstić information content (AvgIpc) is 3.51. The molecule has 1 aliphatic rings. The topological polar surface area (TPSA) is 113 Å². The number of aryl methyl sites for hydroxylation is 1. The van der Waals surface area contributed by atoms with Gasteiger partial charge in [0.25, 0.3) is 0 Å². The van der Waals surface area contributed by atoms with E-state index in [9.17, 15) is 4.79 Å². The van der Waals surface area contributed by atoms with Gasteiger partial charge in [0.05, 0.1) is 18.1 Å². The van der Waals surface area contributed by atoms with Crippen LogP contribution in [-0.4, -0.2) is 32.1 Å². The van der Waals surface area contributed by atoms with Gasteiger partial charge in [-0.25, -0.2) is 9.37 Å². The van der Waals surface area contributed by atoms with E-state index in [2.05, 4.69) is 25.5 Å². The zero-order valence-electron chi connectivity index (χ0n) is 18.2. The number of aromatic nitrogens is 4. The molecule has 10 heteroatoms. The quantitative estimate of drug-likeness (QED) is 0.341. The van der Waals surface area contributed by atoms with Crippen LogP contribution in [0.15, 0.2) is 54.9 Å². The predicted molar refractivity (Wildman–Crippen MR) is 129 cm³/mol. The monoisotopic (exact) mass is 477 g/mol. The lowest BCUT2D eigenvalue weighted by atomic mass is 9.98. The Morgan fingerprint density at radius 3 is 2.65 bits per heavy atom. The summed E-state index contributed by atoms with van der Waals surface area (Å²) >= 11 is 6.43. The molecule has 1 saturated carbocycles. The number of hydrogen-bond acceptors (Lipinski definition) is 6. The van der Waals surface area contributed by atoms with Crippen LogP contribution in [0.2, 0.25) is 5.02 Å². The minimum atomic E-state index is -0.510. The fourth-order valence-corrected chi connectivity index (χ4v) is 3.99. The molecule has 4 N–H and O–H groups in total. The van der Waals surface area contributed by atoms with Crippen molar-refractivity contribution in [2.75, 3.05) is 10.2 Å². The van der Waals surface area contributed by atoms with Crippen molar-refractivity contribution in [3.63, 3.8) is 0 Å². The van der Waals surface area contributed by atoms with Crippen LogP contribution in [0.3, 0.4) is 0 Å². The number of halogens is 2. The number of nitrogens with one attached hydrogen (secondary N) is 2. The molecule has 4 aromatic rings. The maximum absolute atomic E-state index is 15.1. The predicted octanol–water partition coefficient (Wildman–Crippen LogP) is 5.11. The number of amides is 1. The van der Waals surface area contributed by atoms with E-state index in [1.165, 1.54) is 12.3 Å². The highest BCUT2D eigenvalue weighted by Crippen LogP contribution is 2.39. The first-order valence-corrected chi connectivity index (χ1v) is 11.1. The number of rotatable bonds is 7. The van der Waals surface area contributed by atoms with E-state index in [0.29, 0.717) is 22.0 Å². The number of carbonyl (C=O) groups is 1. The van der Waals surface area contributed by atoms with Crippen molar-refractivity contribution in [2.24, 2.45) is 5.73 Å². The molecule has 34 heavy (non-hydrogen) atoms. The summed E-state index contributed by atoms with van der Waals surface area (Å²) in [5.74, 6) is 0.551. The number of benzene rings is 2. The number of nitrogens with two attached hydrogens (primary N) is 1. The van der Waals surface area contributed by atoms with E-state index in [1.54, 1.807) is 36.5 Å². The zero-order chi connectivity index (χ0) is 23.8. The van der Waals surface area contributed by atoms with Crippen LogP contribution in [-0.2, 0) is 0 Å². The number of H-pyrrole nitrogens is 1. The second-order valence-electron chi connectivity index (χ2n) is 8.12. The molecule has 0 spiro atoms. The lowest BCUT2D eigenvalue weighted by Gasteiger charge is -2.23. The third-order valence-corrected chi connectivity index (χ3v) is 5.92. The molecule has 0 aliphatic heterocycles. The highest BCUT2D eigenvalue weighted by atomic mass is 35.5. The molecule has 172 valence electrons. The molecule has 2 aromatic carbocycles. The van der Waals surface area contributed by atoms with Gasteiger partial charge in [0.1, 0.15) is 16.7 Å². The summed E-state index contributed by atoms with van der Waals surface area (Å²) in [6.45, 7) is 1.88. The summed E-state index contributed by atoms with van der Waals surface area (Å²) in [7, 11) is 0. The third-order valence-electron chi connectivity index (χ3n) is 5.65. The van der Waals surface area contributed by atoms with E-state index < -0.39 is 11.7 Å². The van der Waals surface area contributed by atoms with Gasteiger partial charge in [-0.05, 0) is 60.7 Å². The van der Waals surface area contributed by atoms with Crippen LogP contribution in [0.5, 0.6) is 0 Å². The smallest absolute Gasteiger partial charge is 0.248 e. The standard InChI is InChI=1S/C24H21ClFN7O/c1-13-10-20(19(26)11-17(13)14-2-4-15(5-3-14)22(27)34)30-24-28-12-18(25)23(31-24)33(16-6-7-16)21-8-9-29-32-21/h2-5,8-12,16H,6-7H2,1H3,(H2,27,34)(H,29,32)(H,28,30,31). The molecule has 0 atom stereocenters. The summed E-state index contributed by atoms with van der Waals surface area (Å²) in [6.07, 6.45) is 5.19. The van der Waals surface area contributed by atoms with Gasteiger partial charge in [0.2, 0.25) is 11.9 Å². The van der Waals surface area contributed by atoms with Gasteiger partial charge in [-0.2, -0.15) is 10.1 Å². The van der Waals surface area contributed by atoms with E-state index in [-0.39, 0.29) is 17.7 Å². The Morgan fingerprint density at radius 2 is 2.00 bits per heavy atom. The number of primary amides is 1. The molecule has 0 saturated heterocycles. The highest BCUT2D eigenvalue weighted by molar-refractivity contribution is 6.33. The molecule has 0 bridgehead atoms. The Balaban J connectivity index is 1.44. The summed E-state index contributed by atoms with van der Waals surface area (Å²) in [5.41, 5.74) is 8.25. The van der Waals surface area contributed by atoms with Crippen molar-refractivity contribution < 1.29 is 9.18 Å². The van der Waals surface area contributed by atoms with E-state index in [1.807, 2.05) is 17.9 Å². The molecule has 0 radical (unpaired) electrons. The van der Waals surface area contributed by atoms with E-state index in [4.69, 9.17) is 17.3 Å².